The van der Waals surface area contributed by atoms with Gasteiger partial charge in [0.15, 0.2) is 0 Å². The number of carbonyl (C=O) groups is 2. The van der Waals surface area contributed by atoms with Crippen LogP contribution in [0, 0.1) is 12.8 Å². The van der Waals surface area contributed by atoms with Crippen LogP contribution in [0.3, 0.4) is 0 Å². The summed E-state index contributed by atoms with van der Waals surface area (Å²) in [5.41, 5.74) is 3.93. The number of rotatable bonds is 5. The molecule has 0 unspecified atom stereocenters. The Morgan fingerprint density at radius 1 is 1.06 bits per heavy atom. The third kappa shape index (κ3) is 3.98. The van der Waals surface area contributed by atoms with E-state index in [0.717, 1.165) is 27.5 Å². The molecule has 0 aliphatic carbocycles. The summed E-state index contributed by atoms with van der Waals surface area (Å²) in [6.45, 7) is 2.75. The van der Waals surface area contributed by atoms with Crippen LogP contribution in [-0.2, 0) is 16.0 Å². The monoisotopic (exact) mass is 459 g/mol. The topological polar surface area (TPSA) is 101 Å². The fourth-order valence-corrected chi connectivity index (χ4v) is 4.81. The van der Waals surface area contributed by atoms with Crippen LogP contribution < -0.4 is 5.63 Å². The molecule has 1 aliphatic heterocycles. The Bertz CT molecular complexity index is 1440. The number of amides is 1. The quantitative estimate of drug-likeness (QED) is 0.432. The zero-order valence-electron chi connectivity index (χ0n) is 18.9. The molecule has 7 nitrogen and oxygen atoms in total. The number of piperidine rings is 1. The Balaban J connectivity index is 1.42. The van der Waals surface area contributed by atoms with Gasteiger partial charge < -0.3 is 18.8 Å². The van der Waals surface area contributed by atoms with E-state index >= 15 is 0 Å². The van der Waals surface area contributed by atoms with Crippen LogP contribution in [0.15, 0.2) is 62.4 Å². The lowest BCUT2D eigenvalue weighted by Crippen LogP contribution is -2.40. The van der Waals surface area contributed by atoms with Crippen LogP contribution in [0.2, 0.25) is 0 Å². The third-order valence-corrected chi connectivity index (χ3v) is 6.85. The number of aliphatic carboxylic acids is 1. The maximum absolute atomic E-state index is 12.7. The van der Waals surface area contributed by atoms with E-state index in [-0.39, 0.29) is 24.7 Å². The Labute approximate surface area is 195 Å². The lowest BCUT2D eigenvalue weighted by molar-refractivity contribution is -0.145. The third-order valence-electron chi connectivity index (χ3n) is 6.85. The number of hydrogen-bond acceptors (Lipinski definition) is 5. The fourth-order valence-electron chi connectivity index (χ4n) is 4.81. The predicted molar refractivity (Wildman–Crippen MR) is 128 cm³/mol. The summed E-state index contributed by atoms with van der Waals surface area (Å²) in [5.74, 6) is -1.27. The van der Waals surface area contributed by atoms with E-state index in [1.165, 1.54) is 0 Å². The number of carboxylic acid groups (broad SMARTS) is 1. The standard InChI is InChI=1S/C27H25NO6/c1-16-19(7-8-25(29)28-11-9-18(10-12-28)26(30)31)27(32)34-24-14-23-21(13-20(16)24)22(15-33-23)17-5-3-2-4-6-17/h2-6,13-15,18H,7-12H2,1H3,(H,30,31). The number of carbonyl (C=O) groups excluding carboxylic acids is 1. The van der Waals surface area contributed by atoms with E-state index in [1.807, 2.05) is 43.3 Å². The van der Waals surface area contributed by atoms with Gasteiger partial charge in [0, 0.05) is 47.5 Å². The highest BCUT2D eigenvalue weighted by Crippen LogP contribution is 2.34. The normalized spacial score (nSPS) is 14.7. The van der Waals surface area contributed by atoms with Crippen molar-refractivity contribution in [2.45, 2.75) is 32.6 Å². The van der Waals surface area contributed by atoms with Gasteiger partial charge in [-0.15, -0.1) is 0 Å². The van der Waals surface area contributed by atoms with Crippen LogP contribution >= 0.6 is 0 Å². The van der Waals surface area contributed by atoms with Gasteiger partial charge >= 0.3 is 11.6 Å². The average Bonchev–Trinajstić information content (AvgIpc) is 3.26. The first kappa shape index (κ1) is 21.9. The highest BCUT2D eigenvalue weighted by molar-refractivity contribution is 6.02. The maximum atomic E-state index is 12.7. The molecular formula is C27H25NO6. The molecule has 5 rings (SSSR count). The van der Waals surface area contributed by atoms with E-state index in [1.54, 1.807) is 17.2 Å². The molecule has 0 atom stereocenters. The van der Waals surface area contributed by atoms with Gasteiger partial charge in [-0.2, -0.15) is 0 Å². The second-order valence-corrected chi connectivity index (χ2v) is 8.85. The average molecular weight is 459 g/mol. The van der Waals surface area contributed by atoms with Gasteiger partial charge in [-0.3, -0.25) is 9.59 Å². The summed E-state index contributed by atoms with van der Waals surface area (Å²) >= 11 is 0. The van der Waals surface area contributed by atoms with Gasteiger partial charge in [-0.25, -0.2) is 4.79 Å². The number of likely N-dealkylation sites (tertiary alicyclic amines) is 1. The van der Waals surface area contributed by atoms with Crippen molar-refractivity contribution in [3.63, 3.8) is 0 Å². The van der Waals surface area contributed by atoms with E-state index in [4.69, 9.17) is 13.9 Å². The molecule has 1 saturated heterocycles. The van der Waals surface area contributed by atoms with Crippen LogP contribution in [-0.4, -0.2) is 35.0 Å². The minimum absolute atomic E-state index is 0.0700. The summed E-state index contributed by atoms with van der Waals surface area (Å²) in [7, 11) is 0. The van der Waals surface area contributed by atoms with Crippen molar-refractivity contribution in [3.8, 4) is 11.1 Å². The maximum Gasteiger partial charge on any atom is 0.339 e. The van der Waals surface area contributed by atoms with Gasteiger partial charge in [0.1, 0.15) is 11.2 Å². The molecular weight excluding hydrogens is 434 g/mol. The molecule has 174 valence electrons. The molecule has 0 spiro atoms. The summed E-state index contributed by atoms with van der Waals surface area (Å²) in [6.07, 6.45) is 3.08. The largest absolute Gasteiger partial charge is 0.481 e. The number of hydrogen-bond donors (Lipinski definition) is 1. The first-order valence-corrected chi connectivity index (χ1v) is 11.5. The van der Waals surface area contributed by atoms with E-state index in [9.17, 15) is 14.4 Å². The highest BCUT2D eigenvalue weighted by Gasteiger charge is 2.27. The minimum atomic E-state index is -0.807. The lowest BCUT2D eigenvalue weighted by Gasteiger charge is -2.30. The zero-order valence-corrected chi connectivity index (χ0v) is 18.9. The van der Waals surface area contributed by atoms with E-state index in [2.05, 4.69) is 0 Å². The molecule has 1 fully saturated rings. The van der Waals surface area contributed by atoms with Crippen LogP contribution in [0.1, 0.15) is 30.4 Å². The summed E-state index contributed by atoms with van der Waals surface area (Å²) in [5, 5.41) is 10.9. The summed E-state index contributed by atoms with van der Waals surface area (Å²) < 4.78 is 11.4. The Morgan fingerprint density at radius 3 is 2.50 bits per heavy atom. The van der Waals surface area contributed by atoms with Crippen molar-refractivity contribution < 1.29 is 23.5 Å². The van der Waals surface area contributed by atoms with Crippen LogP contribution in [0.25, 0.3) is 33.1 Å². The van der Waals surface area contributed by atoms with Crippen molar-refractivity contribution in [1.29, 1.82) is 0 Å². The fraction of sp³-hybridized carbons (Fsp3) is 0.296. The van der Waals surface area contributed by atoms with Crippen molar-refractivity contribution in [2.75, 3.05) is 13.1 Å². The minimum Gasteiger partial charge on any atom is -0.481 e. The van der Waals surface area contributed by atoms with Crippen LogP contribution in [0.4, 0.5) is 0 Å². The van der Waals surface area contributed by atoms with Gasteiger partial charge in [-0.05, 0) is 43.4 Å². The van der Waals surface area contributed by atoms with Crippen LogP contribution in [0.5, 0.6) is 0 Å². The molecule has 34 heavy (non-hydrogen) atoms. The lowest BCUT2D eigenvalue weighted by atomic mass is 9.96. The number of carboxylic acids is 1. The second-order valence-electron chi connectivity index (χ2n) is 8.85. The first-order chi connectivity index (χ1) is 16.4. The van der Waals surface area contributed by atoms with Gasteiger partial charge in [0.2, 0.25) is 5.91 Å². The number of furan rings is 1. The molecule has 1 aliphatic rings. The molecule has 7 heteroatoms. The zero-order chi connectivity index (χ0) is 23.8. The first-order valence-electron chi connectivity index (χ1n) is 11.5. The smallest absolute Gasteiger partial charge is 0.339 e. The van der Waals surface area contributed by atoms with Crippen molar-refractivity contribution in [3.05, 3.63) is 70.3 Å². The number of benzene rings is 2. The molecule has 1 amide bonds. The summed E-state index contributed by atoms with van der Waals surface area (Å²) in [4.78, 5) is 38.3. The van der Waals surface area contributed by atoms with Crippen molar-refractivity contribution in [2.24, 2.45) is 5.92 Å². The number of fused-ring (bicyclic) bond motifs is 2. The molecule has 4 aromatic rings. The second kappa shape index (κ2) is 8.82. The molecule has 0 saturated carbocycles. The number of aryl methyl sites for hydroxylation is 1. The Kier molecular flexibility index (Phi) is 5.69. The van der Waals surface area contributed by atoms with Crippen molar-refractivity contribution in [1.82, 2.24) is 4.90 Å². The molecule has 3 heterocycles. The molecule has 0 radical (unpaired) electrons. The SMILES string of the molecule is Cc1c(CCC(=O)N2CCC(C(=O)O)CC2)c(=O)oc2cc3occ(-c4ccccc4)c3cc12. The van der Waals surface area contributed by atoms with E-state index < -0.39 is 11.6 Å². The Morgan fingerprint density at radius 2 is 1.79 bits per heavy atom. The van der Waals surface area contributed by atoms with Gasteiger partial charge in [0.05, 0.1) is 12.2 Å². The molecule has 2 aromatic carbocycles. The van der Waals surface area contributed by atoms with Gasteiger partial charge in [0.25, 0.3) is 0 Å². The highest BCUT2D eigenvalue weighted by atomic mass is 16.4. The predicted octanol–water partition coefficient (Wildman–Crippen LogP) is 4.77. The summed E-state index contributed by atoms with van der Waals surface area (Å²) in [6, 6.07) is 13.7. The molecule has 0 bridgehead atoms. The van der Waals surface area contributed by atoms with Crippen molar-refractivity contribution >= 4 is 33.8 Å². The molecule has 1 N–H and O–H groups in total. The van der Waals surface area contributed by atoms with E-state index in [0.29, 0.717) is 42.7 Å². The van der Waals surface area contributed by atoms with Gasteiger partial charge in [-0.1, -0.05) is 30.3 Å². The Hall–Kier alpha value is -3.87. The molecule has 2 aromatic heterocycles. The number of nitrogens with zero attached hydrogens (tertiary/aromatic N) is 1.